The molecule has 10 aromatic rings. The molecule has 0 N–H and O–H groups in total. The highest BCUT2D eigenvalue weighted by molar-refractivity contribution is 6.10. The van der Waals surface area contributed by atoms with Crippen molar-refractivity contribution in [2.24, 2.45) is 0 Å². The van der Waals surface area contributed by atoms with Gasteiger partial charge in [0.05, 0.1) is 16.4 Å². The van der Waals surface area contributed by atoms with E-state index in [9.17, 15) is 0 Å². The summed E-state index contributed by atoms with van der Waals surface area (Å²) in [6.07, 6.45) is 0. The summed E-state index contributed by atoms with van der Waals surface area (Å²) in [7, 11) is 0. The predicted octanol–water partition coefficient (Wildman–Crippen LogP) is 12.7. The van der Waals surface area contributed by atoms with Gasteiger partial charge < -0.3 is 8.98 Å². The number of hydrogen-bond acceptors (Lipinski definition) is 1. The van der Waals surface area contributed by atoms with Crippen LogP contribution in [0.1, 0.15) is 22.3 Å². The van der Waals surface area contributed by atoms with Crippen molar-refractivity contribution in [3.63, 3.8) is 0 Å². The Kier molecular flexibility index (Phi) is 5.20. The molecule has 0 unspecified atom stereocenters. The van der Waals surface area contributed by atoms with Crippen molar-refractivity contribution in [2.75, 3.05) is 0 Å². The Morgan fingerprint density at radius 3 is 1.59 bits per heavy atom. The van der Waals surface area contributed by atoms with Crippen LogP contribution in [0.4, 0.5) is 0 Å². The molecule has 236 valence electrons. The second-order valence-corrected chi connectivity index (χ2v) is 14.0. The predicted molar refractivity (Wildman–Crippen MR) is 210 cm³/mol. The summed E-state index contributed by atoms with van der Waals surface area (Å²) in [6, 6.07) is 64.9. The molecule has 51 heavy (non-hydrogen) atoms. The lowest BCUT2D eigenvalue weighted by Crippen LogP contribution is -2.25. The maximum absolute atomic E-state index is 6.20. The molecule has 0 atom stereocenters. The molecule has 0 bridgehead atoms. The van der Waals surface area contributed by atoms with Gasteiger partial charge in [0.25, 0.3) is 0 Å². The molecule has 0 aliphatic heterocycles. The lowest BCUT2D eigenvalue weighted by molar-refractivity contribution is 0.669. The second kappa shape index (κ2) is 9.74. The maximum Gasteiger partial charge on any atom is 0.135 e. The molecule has 2 nitrogen and oxygen atoms in total. The third kappa shape index (κ3) is 3.42. The molecule has 2 heterocycles. The summed E-state index contributed by atoms with van der Waals surface area (Å²) in [4.78, 5) is 0. The number of fused-ring (bicyclic) bond motifs is 16. The molecule has 0 amide bonds. The van der Waals surface area contributed by atoms with Gasteiger partial charge in [0.15, 0.2) is 0 Å². The molecular formula is C49H29NO. The van der Waals surface area contributed by atoms with Crippen LogP contribution in [0, 0.1) is 0 Å². The van der Waals surface area contributed by atoms with Crippen LogP contribution in [-0.2, 0) is 5.41 Å². The number of nitrogens with zero attached hydrogens (tertiary/aromatic N) is 1. The van der Waals surface area contributed by atoms with Gasteiger partial charge in [0.2, 0.25) is 0 Å². The number of furan rings is 1. The Labute approximate surface area is 294 Å². The summed E-state index contributed by atoms with van der Waals surface area (Å²) in [5.74, 6) is 0. The van der Waals surface area contributed by atoms with E-state index < -0.39 is 5.41 Å². The molecule has 0 fully saturated rings. The molecule has 2 heteroatoms. The molecule has 0 radical (unpaired) electrons. The van der Waals surface area contributed by atoms with Crippen LogP contribution < -0.4 is 0 Å². The van der Waals surface area contributed by atoms with Crippen LogP contribution in [0.2, 0.25) is 0 Å². The third-order valence-electron chi connectivity index (χ3n) is 11.6. The molecule has 2 aromatic heterocycles. The van der Waals surface area contributed by atoms with Crippen molar-refractivity contribution >= 4 is 43.7 Å². The van der Waals surface area contributed by atoms with Gasteiger partial charge in [-0.05, 0) is 104 Å². The van der Waals surface area contributed by atoms with E-state index in [-0.39, 0.29) is 0 Å². The molecule has 2 aliphatic carbocycles. The first-order valence-corrected chi connectivity index (χ1v) is 17.7. The van der Waals surface area contributed by atoms with E-state index in [1.54, 1.807) is 0 Å². The highest BCUT2D eigenvalue weighted by Gasteiger charge is 2.51. The van der Waals surface area contributed by atoms with Crippen LogP contribution in [0.5, 0.6) is 0 Å². The SMILES string of the molecule is c1ccc2c(c1)-c1ccccc1C21c2ccc(-c3ccc4oc5ccccc5c4c3)cc2-c2cc(-n3c4ccccc4c4ccccc43)ccc21. The molecule has 2 aliphatic rings. The maximum atomic E-state index is 6.20. The molecular weight excluding hydrogens is 619 g/mol. The Balaban J connectivity index is 1.16. The molecule has 8 aromatic carbocycles. The van der Waals surface area contributed by atoms with Gasteiger partial charge in [0.1, 0.15) is 11.2 Å². The number of rotatable bonds is 2. The summed E-state index contributed by atoms with van der Waals surface area (Å²) in [5, 5.41) is 4.84. The van der Waals surface area contributed by atoms with Crippen molar-refractivity contribution < 1.29 is 4.42 Å². The fourth-order valence-electron chi connectivity index (χ4n) is 9.56. The average molecular weight is 648 g/mol. The minimum absolute atomic E-state index is 0.402. The van der Waals surface area contributed by atoms with Crippen LogP contribution in [0.3, 0.4) is 0 Å². The lowest BCUT2D eigenvalue weighted by Gasteiger charge is -2.30. The number of aromatic nitrogens is 1. The van der Waals surface area contributed by atoms with Crippen LogP contribution >= 0.6 is 0 Å². The monoisotopic (exact) mass is 647 g/mol. The second-order valence-electron chi connectivity index (χ2n) is 14.0. The van der Waals surface area contributed by atoms with Gasteiger partial charge in [-0.3, -0.25) is 0 Å². The minimum Gasteiger partial charge on any atom is -0.456 e. The highest BCUT2D eigenvalue weighted by Crippen LogP contribution is 2.63. The van der Waals surface area contributed by atoms with Gasteiger partial charge in [0, 0.05) is 27.2 Å². The fourth-order valence-corrected chi connectivity index (χ4v) is 9.56. The fraction of sp³-hybridized carbons (Fsp3) is 0.0204. The standard InChI is InChI=1S/C49H29NO/c1-6-16-41-33(11-1)34-12-2-7-17-42(34)49(41)43-24-21-30(31-22-26-48-40(28-31)37-15-5-10-20-47(37)51-48)27-38(43)39-29-32(23-25-44(39)49)50-45-18-8-3-13-35(45)36-14-4-9-19-46(36)50/h1-29H. The summed E-state index contributed by atoms with van der Waals surface area (Å²) < 4.78 is 8.64. The van der Waals surface area contributed by atoms with Crippen molar-refractivity contribution in [3.05, 3.63) is 198 Å². The molecule has 1 spiro atoms. The molecule has 12 rings (SSSR count). The highest BCUT2D eigenvalue weighted by atomic mass is 16.3. The van der Waals surface area contributed by atoms with Crippen LogP contribution in [0.15, 0.2) is 180 Å². The van der Waals surface area contributed by atoms with Gasteiger partial charge >= 0.3 is 0 Å². The summed E-state index contributed by atoms with van der Waals surface area (Å²) >= 11 is 0. The van der Waals surface area contributed by atoms with Gasteiger partial charge in [-0.1, -0.05) is 127 Å². The Bertz CT molecular complexity index is 3000. The zero-order chi connectivity index (χ0) is 33.3. The minimum atomic E-state index is -0.402. The van der Waals surface area contributed by atoms with E-state index in [0.717, 1.165) is 21.9 Å². The zero-order valence-corrected chi connectivity index (χ0v) is 27.6. The van der Waals surface area contributed by atoms with Crippen LogP contribution in [0.25, 0.3) is 82.8 Å². The lowest BCUT2D eigenvalue weighted by atomic mass is 9.70. The van der Waals surface area contributed by atoms with Crippen molar-refractivity contribution in [3.8, 4) is 39.1 Å². The van der Waals surface area contributed by atoms with E-state index in [1.807, 2.05) is 12.1 Å². The Morgan fingerprint density at radius 2 is 0.863 bits per heavy atom. The smallest absolute Gasteiger partial charge is 0.135 e. The number of para-hydroxylation sites is 3. The number of hydrogen-bond donors (Lipinski definition) is 0. The van der Waals surface area contributed by atoms with E-state index in [1.165, 1.54) is 83.1 Å². The molecule has 0 saturated heterocycles. The topological polar surface area (TPSA) is 18.1 Å². The van der Waals surface area contributed by atoms with E-state index in [4.69, 9.17) is 4.42 Å². The first kappa shape index (κ1) is 27.2. The van der Waals surface area contributed by atoms with Gasteiger partial charge in [-0.15, -0.1) is 0 Å². The quantitative estimate of drug-likeness (QED) is 0.183. The number of benzene rings is 8. The summed E-state index contributed by atoms with van der Waals surface area (Å²) in [6.45, 7) is 0. The average Bonchev–Trinajstić information content (AvgIpc) is 3.91. The van der Waals surface area contributed by atoms with Crippen molar-refractivity contribution in [2.45, 2.75) is 5.41 Å². The van der Waals surface area contributed by atoms with Crippen LogP contribution in [-0.4, -0.2) is 4.57 Å². The first-order chi connectivity index (χ1) is 25.3. The normalized spacial score (nSPS) is 13.6. The largest absolute Gasteiger partial charge is 0.456 e. The van der Waals surface area contributed by atoms with Gasteiger partial charge in [-0.25, -0.2) is 0 Å². The van der Waals surface area contributed by atoms with E-state index in [2.05, 4.69) is 168 Å². The van der Waals surface area contributed by atoms with E-state index in [0.29, 0.717) is 0 Å². The van der Waals surface area contributed by atoms with E-state index >= 15 is 0 Å². The van der Waals surface area contributed by atoms with Crippen molar-refractivity contribution in [1.82, 2.24) is 4.57 Å². The van der Waals surface area contributed by atoms with Crippen molar-refractivity contribution in [1.29, 1.82) is 0 Å². The Hall–Kier alpha value is -6.64. The molecule has 0 saturated carbocycles. The Morgan fingerprint density at radius 1 is 0.353 bits per heavy atom. The zero-order valence-electron chi connectivity index (χ0n) is 27.6. The summed E-state index contributed by atoms with van der Waals surface area (Å²) in [5.41, 5.74) is 18.0. The first-order valence-electron chi connectivity index (χ1n) is 17.7. The third-order valence-corrected chi connectivity index (χ3v) is 11.6. The van der Waals surface area contributed by atoms with Gasteiger partial charge in [-0.2, -0.15) is 0 Å².